The Morgan fingerprint density at radius 1 is 1.09 bits per heavy atom. The van der Waals surface area contributed by atoms with Crippen molar-refractivity contribution in [1.29, 1.82) is 0 Å². The van der Waals surface area contributed by atoms with Gasteiger partial charge in [0.2, 0.25) is 0 Å². The molecule has 12 nitrogen and oxygen atoms in total. The van der Waals surface area contributed by atoms with Crippen LogP contribution < -0.4 is 20.5 Å². The Labute approximate surface area is 256 Å². The molecule has 3 aromatic heterocycles. The third kappa shape index (κ3) is 5.75. The SMILES string of the molecule is Cc1ccc(C(=O)NC(Cc2ccc(F)cc2)C2COc3ccccc3O2)c(-n2cc(Cn3cnc4c(N)ncnc43)nn2)c1. The normalized spacial score (nSPS) is 14.8. The van der Waals surface area contributed by atoms with E-state index in [2.05, 4.69) is 30.6 Å². The number of nitrogens with one attached hydrogen (secondary N) is 1. The van der Waals surface area contributed by atoms with Crippen molar-refractivity contribution < 1.29 is 18.7 Å². The molecule has 0 fully saturated rings. The van der Waals surface area contributed by atoms with E-state index in [1.54, 1.807) is 40.0 Å². The van der Waals surface area contributed by atoms with Crippen LogP contribution in [-0.4, -0.2) is 59.2 Å². The number of imidazole rings is 1. The number of nitrogen functional groups attached to an aromatic ring is 1. The van der Waals surface area contributed by atoms with Gasteiger partial charge in [-0.1, -0.05) is 35.5 Å². The first kappa shape index (κ1) is 28.0. The van der Waals surface area contributed by atoms with E-state index in [4.69, 9.17) is 15.2 Å². The van der Waals surface area contributed by atoms with Gasteiger partial charge in [0.25, 0.3) is 5.91 Å². The molecule has 0 bridgehead atoms. The largest absolute Gasteiger partial charge is 0.486 e. The number of hydrogen-bond acceptors (Lipinski definition) is 9. The van der Waals surface area contributed by atoms with Gasteiger partial charge in [0.05, 0.1) is 36.4 Å². The number of halogens is 1. The number of hydrogen-bond donors (Lipinski definition) is 2. The van der Waals surface area contributed by atoms with Gasteiger partial charge in [0.15, 0.2) is 29.1 Å². The maximum atomic E-state index is 14.0. The molecule has 2 unspecified atom stereocenters. The predicted molar refractivity (Wildman–Crippen MR) is 163 cm³/mol. The molecule has 13 heteroatoms. The molecule has 1 amide bonds. The van der Waals surface area contributed by atoms with Crippen molar-refractivity contribution >= 4 is 22.9 Å². The van der Waals surface area contributed by atoms with E-state index in [1.165, 1.54) is 18.5 Å². The number of aryl methyl sites for hydroxylation is 1. The van der Waals surface area contributed by atoms with Crippen LogP contribution in [0.5, 0.6) is 11.5 Å². The van der Waals surface area contributed by atoms with Gasteiger partial charge in [-0.2, -0.15) is 0 Å². The van der Waals surface area contributed by atoms with Crippen molar-refractivity contribution in [3.05, 3.63) is 114 Å². The molecule has 0 radical (unpaired) electrons. The van der Waals surface area contributed by atoms with E-state index in [-0.39, 0.29) is 18.3 Å². The number of nitrogens with zero attached hydrogens (tertiary/aromatic N) is 7. The lowest BCUT2D eigenvalue weighted by Gasteiger charge is -2.33. The third-order valence-electron chi connectivity index (χ3n) is 7.61. The van der Waals surface area contributed by atoms with Crippen LogP contribution in [0.3, 0.4) is 0 Å². The Kier molecular flexibility index (Phi) is 7.25. The van der Waals surface area contributed by atoms with E-state index < -0.39 is 12.1 Å². The molecule has 0 aliphatic carbocycles. The van der Waals surface area contributed by atoms with Crippen LogP contribution in [0.15, 0.2) is 85.6 Å². The summed E-state index contributed by atoms with van der Waals surface area (Å²) in [6.07, 6.45) is 4.66. The van der Waals surface area contributed by atoms with Gasteiger partial charge in [-0.15, -0.1) is 5.10 Å². The van der Waals surface area contributed by atoms with E-state index >= 15 is 0 Å². The molecule has 1 aliphatic rings. The lowest BCUT2D eigenvalue weighted by Crippen LogP contribution is -2.51. The first-order valence-electron chi connectivity index (χ1n) is 14.3. The number of nitrogens with two attached hydrogens (primary N) is 1. The second-order valence-corrected chi connectivity index (χ2v) is 10.8. The molecule has 3 aromatic carbocycles. The molecule has 0 saturated heterocycles. The Morgan fingerprint density at radius 3 is 2.76 bits per heavy atom. The fourth-order valence-electron chi connectivity index (χ4n) is 5.33. The second-order valence-electron chi connectivity index (χ2n) is 10.8. The monoisotopic (exact) mass is 605 g/mol. The van der Waals surface area contributed by atoms with Crippen LogP contribution in [-0.2, 0) is 13.0 Å². The first-order valence-corrected chi connectivity index (χ1v) is 14.3. The summed E-state index contributed by atoms with van der Waals surface area (Å²) >= 11 is 0. The minimum absolute atomic E-state index is 0.232. The van der Waals surface area contributed by atoms with Crippen LogP contribution >= 0.6 is 0 Å². The molecule has 7 rings (SSSR count). The summed E-state index contributed by atoms with van der Waals surface area (Å²) in [6.45, 7) is 2.50. The standard InChI is InChI=1S/C32H28FN9O3/c1-19-6-11-23(25(12-19)42-15-22(39-40-42)14-41-18-37-29-30(34)35-17-36-31(29)41)32(43)38-24(13-20-7-9-21(33)10-8-20)28-16-44-26-4-2-3-5-27(26)45-28/h2-12,15,17-18,24,28H,13-14,16H2,1H3,(H,38,43)(H2,34,35,36). The number of fused-ring (bicyclic) bond motifs is 2. The quantitative estimate of drug-likeness (QED) is 0.265. The summed E-state index contributed by atoms with van der Waals surface area (Å²) in [5, 5.41) is 11.8. The minimum atomic E-state index is -0.499. The fourth-order valence-corrected chi connectivity index (χ4v) is 5.33. The summed E-state index contributed by atoms with van der Waals surface area (Å²) in [5.41, 5.74) is 10.4. The van der Waals surface area contributed by atoms with Crippen LogP contribution in [0, 0.1) is 12.7 Å². The van der Waals surface area contributed by atoms with E-state index in [0.29, 0.717) is 58.4 Å². The molecule has 3 N–H and O–H groups in total. The van der Waals surface area contributed by atoms with Crippen LogP contribution in [0.2, 0.25) is 0 Å². The van der Waals surface area contributed by atoms with Gasteiger partial charge in [0.1, 0.15) is 30.0 Å². The van der Waals surface area contributed by atoms with Gasteiger partial charge in [-0.3, -0.25) is 4.79 Å². The maximum Gasteiger partial charge on any atom is 0.253 e. The van der Waals surface area contributed by atoms with E-state index in [9.17, 15) is 9.18 Å². The number of carbonyl (C=O) groups excluding carboxylic acids is 1. The molecule has 226 valence electrons. The van der Waals surface area contributed by atoms with Gasteiger partial charge in [-0.25, -0.2) is 24.0 Å². The Morgan fingerprint density at radius 2 is 1.91 bits per heavy atom. The highest BCUT2D eigenvalue weighted by molar-refractivity contribution is 5.98. The van der Waals surface area contributed by atoms with Crippen molar-refractivity contribution in [2.45, 2.75) is 32.0 Å². The number of para-hydroxylation sites is 2. The first-order chi connectivity index (χ1) is 21.9. The Hall–Kier alpha value is -5.85. The molecule has 4 heterocycles. The molecule has 1 aliphatic heterocycles. The average molecular weight is 606 g/mol. The van der Waals surface area contributed by atoms with Crippen molar-refractivity contribution in [3.63, 3.8) is 0 Å². The highest BCUT2D eigenvalue weighted by atomic mass is 19.1. The summed E-state index contributed by atoms with van der Waals surface area (Å²) < 4.78 is 29.3. The Balaban J connectivity index is 1.16. The van der Waals surface area contributed by atoms with Crippen LogP contribution in [0.25, 0.3) is 16.9 Å². The summed E-state index contributed by atoms with van der Waals surface area (Å²) in [5.74, 6) is 0.871. The predicted octanol–water partition coefficient (Wildman–Crippen LogP) is 3.67. The maximum absolute atomic E-state index is 14.0. The van der Waals surface area contributed by atoms with Crippen molar-refractivity contribution in [2.75, 3.05) is 12.3 Å². The molecule has 45 heavy (non-hydrogen) atoms. The minimum Gasteiger partial charge on any atom is -0.486 e. The van der Waals surface area contributed by atoms with Crippen LogP contribution in [0.1, 0.15) is 27.2 Å². The molecular weight excluding hydrogens is 577 g/mol. The zero-order valence-electron chi connectivity index (χ0n) is 24.2. The average Bonchev–Trinajstić information content (AvgIpc) is 3.69. The van der Waals surface area contributed by atoms with Gasteiger partial charge in [0, 0.05) is 0 Å². The summed E-state index contributed by atoms with van der Waals surface area (Å²) in [7, 11) is 0. The number of aromatic nitrogens is 7. The lowest BCUT2D eigenvalue weighted by molar-refractivity contribution is 0.0565. The van der Waals surface area contributed by atoms with Crippen molar-refractivity contribution in [3.8, 4) is 17.2 Å². The zero-order chi connectivity index (χ0) is 30.9. The van der Waals surface area contributed by atoms with Gasteiger partial charge in [-0.05, 0) is 60.9 Å². The molecule has 6 aromatic rings. The fraction of sp³-hybridized carbons (Fsp3) is 0.188. The van der Waals surface area contributed by atoms with Crippen molar-refractivity contribution in [1.82, 2.24) is 39.8 Å². The van der Waals surface area contributed by atoms with Gasteiger partial charge >= 0.3 is 0 Å². The van der Waals surface area contributed by atoms with E-state index in [1.807, 2.05) is 43.3 Å². The molecular formula is C32H28FN9O3. The number of rotatable bonds is 8. The second kappa shape index (κ2) is 11.7. The number of amides is 1. The number of anilines is 1. The summed E-state index contributed by atoms with van der Waals surface area (Å²) in [6, 6.07) is 18.6. The topological polar surface area (TPSA) is 148 Å². The molecule has 2 atom stereocenters. The number of carbonyl (C=O) groups is 1. The smallest absolute Gasteiger partial charge is 0.253 e. The zero-order valence-corrected chi connectivity index (χ0v) is 24.2. The van der Waals surface area contributed by atoms with Gasteiger partial charge < -0.3 is 25.1 Å². The number of ether oxygens (including phenoxy) is 2. The third-order valence-corrected chi connectivity index (χ3v) is 7.61. The molecule has 0 spiro atoms. The summed E-state index contributed by atoms with van der Waals surface area (Å²) in [4.78, 5) is 26.5. The number of benzene rings is 3. The highest BCUT2D eigenvalue weighted by Crippen LogP contribution is 2.32. The van der Waals surface area contributed by atoms with E-state index in [0.717, 1.165) is 11.1 Å². The Bertz CT molecular complexity index is 2010. The highest BCUT2D eigenvalue weighted by Gasteiger charge is 2.31. The lowest BCUT2D eigenvalue weighted by atomic mass is 9.99. The molecule has 0 saturated carbocycles. The van der Waals surface area contributed by atoms with Crippen molar-refractivity contribution in [2.24, 2.45) is 0 Å². The van der Waals surface area contributed by atoms with Crippen LogP contribution in [0.4, 0.5) is 10.2 Å².